The van der Waals surface area contributed by atoms with E-state index in [2.05, 4.69) is 4.74 Å². The van der Waals surface area contributed by atoms with Crippen LogP contribution in [0.2, 0.25) is 0 Å². The van der Waals surface area contributed by atoms with E-state index >= 15 is 0 Å². The molecule has 6 heteroatoms. The van der Waals surface area contributed by atoms with Gasteiger partial charge in [0.1, 0.15) is 6.61 Å². The van der Waals surface area contributed by atoms with Crippen LogP contribution in [0.1, 0.15) is 0 Å². The van der Waals surface area contributed by atoms with Crippen LogP contribution in [0.15, 0.2) is 0 Å². The number of halogens is 3. The lowest BCUT2D eigenvalue weighted by atomic mass is 10.7. The number of carbonyl (C=O) groups excluding carboxylic acids is 1. The molecule has 0 fully saturated rings. The van der Waals surface area contributed by atoms with Gasteiger partial charge in [-0.3, -0.25) is 0 Å². The van der Waals surface area contributed by atoms with E-state index in [1.54, 1.807) is 0 Å². The second kappa shape index (κ2) is 4.23. The molecule has 0 aliphatic rings. The average molecular weight is 207 g/mol. The molecule has 0 atom stereocenters. The van der Waals surface area contributed by atoms with Gasteiger partial charge in [0.15, 0.2) is 0 Å². The summed E-state index contributed by atoms with van der Waals surface area (Å²) in [6.45, 7) is -0.445. The van der Waals surface area contributed by atoms with Crippen LogP contribution in [0.25, 0.3) is 0 Å². The molecule has 0 saturated heterocycles. The fraction of sp³-hybridized carbons (Fsp3) is 0.750. The van der Waals surface area contributed by atoms with Crippen molar-refractivity contribution in [3.8, 4) is 0 Å². The quantitative estimate of drug-likeness (QED) is 0.540. The lowest BCUT2D eigenvalue weighted by molar-refractivity contribution is -0.143. The van der Waals surface area contributed by atoms with E-state index in [0.29, 0.717) is 0 Å². The minimum Gasteiger partial charge on any atom is -0.460 e. The number of hydrogen-bond acceptors (Lipinski definition) is 3. The van der Waals surface area contributed by atoms with Crippen molar-refractivity contribution in [2.24, 2.45) is 0 Å². The smallest absolute Gasteiger partial charge is 0.358 e. The molecule has 0 rings (SSSR count). The molecule has 0 spiro atoms. The van der Waals surface area contributed by atoms with Crippen molar-refractivity contribution >= 4 is 40.8 Å². The monoisotopic (exact) mass is 206 g/mol. The molecule has 0 heterocycles. The van der Waals surface area contributed by atoms with Gasteiger partial charge >= 0.3 is 5.97 Å². The van der Waals surface area contributed by atoms with Gasteiger partial charge in [-0.25, -0.2) is 4.79 Å². The van der Waals surface area contributed by atoms with Crippen LogP contribution in [0.3, 0.4) is 0 Å². The van der Waals surface area contributed by atoms with Crippen molar-refractivity contribution < 1.29 is 14.6 Å². The van der Waals surface area contributed by atoms with Crippen molar-refractivity contribution in [3.05, 3.63) is 0 Å². The maximum atomic E-state index is 10.5. The number of hydrogen-bond donors (Lipinski definition) is 1. The van der Waals surface area contributed by atoms with Gasteiger partial charge < -0.3 is 9.84 Å². The van der Waals surface area contributed by atoms with E-state index in [1.807, 2.05) is 0 Å². The Balaban J connectivity index is 3.64. The van der Waals surface area contributed by atoms with E-state index in [9.17, 15) is 4.79 Å². The molecule has 0 amide bonds. The number of carbonyl (C=O) groups is 1. The summed E-state index contributed by atoms with van der Waals surface area (Å²) in [5, 5.41) is 8.17. The first-order chi connectivity index (χ1) is 4.48. The van der Waals surface area contributed by atoms with Crippen LogP contribution < -0.4 is 0 Å². The van der Waals surface area contributed by atoms with Gasteiger partial charge in [-0.15, -0.1) is 0 Å². The zero-order chi connectivity index (χ0) is 8.20. The number of rotatable bonds is 2. The SMILES string of the molecule is O=C(OCCO)C(Cl)(Cl)Cl. The molecule has 0 aliphatic heterocycles. The Kier molecular flexibility index (Phi) is 4.36. The van der Waals surface area contributed by atoms with E-state index < -0.39 is 9.76 Å². The Morgan fingerprint density at radius 3 is 2.30 bits per heavy atom. The molecule has 60 valence electrons. The van der Waals surface area contributed by atoms with Gasteiger partial charge in [-0.05, 0) is 0 Å². The first kappa shape index (κ1) is 10.3. The summed E-state index contributed by atoms with van der Waals surface area (Å²) < 4.78 is 2.22. The van der Waals surface area contributed by atoms with Gasteiger partial charge in [-0.2, -0.15) is 0 Å². The molecule has 1 N–H and O–H groups in total. The summed E-state index contributed by atoms with van der Waals surface area (Å²) >= 11 is 15.3. The number of aliphatic hydroxyl groups excluding tert-OH is 1. The van der Waals surface area contributed by atoms with E-state index in [1.165, 1.54) is 0 Å². The summed E-state index contributed by atoms with van der Waals surface area (Å²) in [5.41, 5.74) is 0. The third-order valence-corrected chi connectivity index (χ3v) is 1.02. The van der Waals surface area contributed by atoms with Crippen molar-refractivity contribution in [1.29, 1.82) is 0 Å². The van der Waals surface area contributed by atoms with Gasteiger partial charge in [-0.1, -0.05) is 34.8 Å². The summed E-state index contributed by atoms with van der Waals surface area (Å²) in [4.78, 5) is 10.5. The zero-order valence-corrected chi connectivity index (χ0v) is 7.08. The first-order valence-electron chi connectivity index (χ1n) is 2.33. The topological polar surface area (TPSA) is 46.5 Å². The Labute approximate surface area is 72.8 Å². The summed E-state index contributed by atoms with van der Waals surface area (Å²) in [5.74, 6) is -0.980. The van der Waals surface area contributed by atoms with Crippen LogP contribution in [0.5, 0.6) is 0 Å². The summed E-state index contributed by atoms with van der Waals surface area (Å²) in [6, 6.07) is 0. The fourth-order valence-electron chi connectivity index (χ4n) is 0.220. The van der Waals surface area contributed by atoms with Gasteiger partial charge in [0.05, 0.1) is 6.61 Å². The lowest BCUT2D eigenvalue weighted by Crippen LogP contribution is -2.23. The van der Waals surface area contributed by atoms with Crippen LogP contribution in [-0.2, 0) is 9.53 Å². The van der Waals surface area contributed by atoms with Crippen LogP contribution in [0.4, 0.5) is 0 Å². The molecule has 0 radical (unpaired) electrons. The molecule has 0 aromatic heterocycles. The average Bonchev–Trinajstić information content (AvgIpc) is 1.80. The second-order valence-corrected chi connectivity index (χ2v) is 3.64. The molecule has 0 aliphatic carbocycles. The molecule has 3 nitrogen and oxygen atoms in total. The summed E-state index contributed by atoms with van der Waals surface area (Å²) in [6.07, 6.45) is 0. The number of esters is 1. The fourth-order valence-corrected chi connectivity index (χ4v) is 0.384. The van der Waals surface area contributed by atoms with E-state index in [0.717, 1.165) is 0 Å². The Morgan fingerprint density at radius 2 is 2.00 bits per heavy atom. The highest BCUT2D eigenvalue weighted by Crippen LogP contribution is 2.27. The highest BCUT2D eigenvalue weighted by Gasteiger charge is 2.32. The van der Waals surface area contributed by atoms with E-state index in [-0.39, 0.29) is 13.2 Å². The Morgan fingerprint density at radius 1 is 1.50 bits per heavy atom. The minimum atomic E-state index is -2.05. The zero-order valence-electron chi connectivity index (χ0n) is 4.81. The Bertz CT molecular complexity index is 119. The van der Waals surface area contributed by atoms with Crippen LogP contribution in [-0.4, -0.2) is 28.1 Å². The molecular weight excluding hydrogens is 202 g/mol. The molecule has 0 unspecified atom stereocenters. The van der Waals surface area contributed by atoms with Crippen molar-refractivity contribution in [3.63, 3.8) is 0 Å². The highest BCUT2D eigenvalue weighted by atomic mass is 35.6. The minimum absolute atomic E-state index is 0.160. The van der Waals surface area contributed by atoms with E-state index in [4.69, 9.17) is 39.9 Å². The predicted octanol–water partition coefficient (Wildman–Crippen LogP) is 0.892. The maximum Gasteiger partial charge on any atom is 0.358 e. The van der Waals surface area contributed by atoms with Crippen LogP contribution >= 0.6 is 34.8 Å². The number of alkyl halides is 3. The van der Waals surface area contributed by atoms with Gasteiger partial charge in [0, 0.05) is 0 Å². The van der Waals surface area contributed by atoms with Crippen molar-refractivity contribution in [2.75, 3.05) is 13.2 Å². The first-order valence-corrected chi connectivity index (χ1v) is 3.46. The third-order valence-electron chi connectivity index (χ3n) is 0.556. The normalized spacial score (nSPS) is 11.2. The molecule has 10 heavy (non-hydrogen) atoms. The highest BCUT2D eigenvalue weighted by molar-refractivity contribution is 6.75. The third kappa shape index (κ3) is 4.17. The van der Waals surface area contributed by atoms with Crippen molar-refractivity contribution in [2.45, 2.75) is 3.79 Å². The molecule has 0 aromatic rings. The second-order valence-electron chi connectivity index (χ2n) is 1.36. The number of aliphatic hydroxyl groups is 1. The molecular formula is C4H5Cl3O3. The predicted molar refractivity (Wildman–Crippen MR) is 38.3 cm³/mol. The molecule has 0 aromatic carbocycles. The van der Waals surface area contributed by atoms with Gasteiger partial charge in [0.2, 0.25) is 0 Å². The molecule has 0 saturated carbocycles. The Hall–Kier alpha value is 0.300. The maximum absolute atomic E-state index is 10.5. The number of ether oxygens (including phenoxy) is 1. The van der Waals surface area contributed by atoms with Gasteiger partial charge in [0.25, 0.3) is 3.79 Å². The largest absolute Gasteiger partial charge is 0.460 e. The molecule has 0 bridgehead atoms. The summed E-state index contributed by atoms with van der Waals surface area (Å²) in [7, 11) is 0. The lowest BCUT2D eigenvalue weighted by Gasteiger charge is -2.08. The standard InChI is InChI=1S/C4H5Cl3O3/c5-4(6,7)3(9)10-2-1-8/h8H,1-2H2. The van der Waals surface area contributed by atoms with Crippen molar-refractivity contribution in [1.82, 2.24) is 0 Å². The van der Waals surface area contributed by atoms with Crippen LogP contribution in [0, 0.1) is 0 Å².